The number of sulfonamides is 1. The molecule has 6 nitrogen and oxygen atoms in total. The molecule has 0 radical (unpaired) electrons. The number of benzene rings is 2. The molecular formula is C24H33N3O3S. The topological polar surface area (TPSA) is 69.7 Å². The van der Waals surface area contributed by atoms with Gasteiger partial charge in [0.15, 0.2) is 0 Å². The summed E-state index contributed by atoms with van der Waals surface area (Å²) in [4.78, 5) is 15.0. The molecule has 3 rings (SSSR count). The van der Waals surface area contributed by atoms with Gasteiger partial charge in [0.1, 0.15) is 0 Å². The fourth-order valence-electron chi connectivity index (χ4n) is 3.83. The molecule has 1 aliphatic rings. The van der Waals surface area contributed by atoms with Crippen molar-refractivity contribution in [3.8, 4) is 0 Å². The highest BCUT2D eigenvalue weighted by atomic mass is 32.2. The first-order chi connectivity index (χ1) is 14.7. The lowest BCUT2D eigenvalue weighted by atomic mass is 10.0. The lowest BCUT2D eigenvalue weighted by Crippen LogP contribution is -2.38. The van der Waals surface area contributed by atoms with Crippen molar-refractivity contribution in [2.75, 3.05) is 33.7 Å². The van der Waals surface area contributed by atoms with Gasteiger partial charge in [-0.05, 0) is 69.6 Å². The average Bonchev–Trinajstić information content (AvgIpc) is 2.75. The van der Waals surface area contributed by atoms with Crippen LogP contribution in [0, 0.1) is 12.8 Å². The van der Waals surface area contributed by atoms with Crippen LogP contribution in [-0.4, -0.2) is 57.3 Å². The van der Waals surface area contributed by atoms with Crippen molar-refractivity contribution in [1.29, 1.82) is 0 Å². The fourth-order valence-corrected chi connectivity index (χ4v) is 5.30. The van der Waals surface area contributed by atoms with E-state index in [1.54, 1.807) is 16.4 Å². The zero-order chi connectivity index (χ0) is 22.6. The van der Waals surface area contributed by atoms with Crippen molar-refractivity contribution >= 4 is 15.9 Å². The van der Waals surface area contributed by atoms with E-state index in [1.165, 1.54) is 17.7 Å². The normalized spacial score (nSPS) is 16.9. The third-order valence-corrected chi connectivity index (χ3v) is 7.95. The largest absolute Gasteiger partial charge is 0.350 e. The minimum atomic E-state index is -3.51. The molecule has 0 spiro atoms. The second kappa shape index (κ2) is 9.94. The first-order valence-corrected chi connectivity index (χ1v) is 12.2. The molecule has 1 N–H and O–H groups in total. The predicted octanol–water partition coefficient (Wildman–Crippen LogP) is 3.45. The van der Waals surface area contributed by atoms with Crippen LogP contribution in [0.15, 0.2) is 53.4 Å². The molecule has 2 aromatic carbocycles. The van der Waals surface area contributed by atoms with Crippen molar-refractivity contribution in [3.63, 3.8) is 0 Å². The lowest BCUT2D eigenvalue weighted by molar-refractivity contribution is 0.0942. The molecular weight excluding hydrogens is 410 g/mol. The van der Waals surface area contributed by atoms with E-state index in [9.17, 15) is 13.2 Å². The summed E-state index contributed by atoms with van der Waals surface area (Å²) < 4.78 is 27.3. The molecule has 1 saturated heterocycles. The van der Waals surface area contributed by atoms with E-state index in [-0.39, 0.29) is 16.8 Å². The maximum Gasteiger partial charge on any atom is 0.251 e. The van der Waals surface area contributed by atoms with Crippen LogP contribution < -0.4 is 5.32 Å². The maximum atomic E-state index is 12.9. The summed E-state index contributed by atoms with van der Waals surface area (Å²) in [5, 5.41) is 2.98. The minimum Gasteiger partial charge on any atom is -0.350 e. The number of nitrogens with one attached hydrogen (secondary N) is 1. The third-order valence-electron chi connectivity index (χ3n) is 6.04. The minimum absolute atomic E-state index is 0.0469. The molecule has 1 heterocycles. The van der Waals surface area contributed by atoms with Crippen LogP contribution in [0.1, 0.15) is 47.3 Å². The molecule has 0 saturated carbocycles. The van der Waals surface area contributed by atoms with Crippen LogP contribution in [0.5, 0.6) is 0 Å². The third kappa shape index (κ3) is 5.73. The summed E-state index contributed by atoms with van der Waals surface area (Å²) in [5.41, 5.74) is 2.78. The second-order valence-corrected chi connectivity index (χ2v) is 10.6. The lowest BCUT2D eigenvalue weighted by Gasteiger charge is -2.29. The number of hydrogen-bond acceptors (Lipinski definition) is 4. The number of likely N-dealkylation sites (N-methyl/N-ethyl adjacent to an activating group) is 1. The molecule has 0 aromatic heterocycles. The number of carbonyl (C=O) groups is 1. The molecule has 1 fully saturated rings. The van der Waals surface area contributed by atoms with Gasteiger partial charge in [-0.3, -0.25) is 4.79 Å². The molecule has 0 unspecified atom stereocenters. The molecule has 0 aliphatic carbocycles. The Morgan fingerprint density at radius 2 is 1.65 bits per heavy atom. The number of hydrogen-bond donors (Lipinski definition) is 1. The number of carbonyl (C=O) groups excluding carboxylic acids is 1. The number of rotatable bonds is 7. The van der Waals surface area contributed by atoms with Gasteiger partial charge in [0.2, 0.25) is 10.0 Å². The van der Waals surface area contributed by atoms with Gasteiger partial charge in [0.25, 0.3) is 5.91 Å². The SMILES string of the molecule is Cc1ccc([C@@H](CNC(=O)c2ccc(S(=O)(=O)N3CCC(C)CC3)cc2)N(C)C)cc1. The Morgan fingerprint density at radius 3 is 2.19 bits per heavy atom. The van der Waals surface area contributed by atoms with Crippen molar-refractivity contribution < 1.29 is 13.2 Å². The van der Waals surface area contributed by atoms with Gasteiger partial charge >= 0.3 is 0 Å². The smallest absolute Gasteiger partial charge is 0.251 e. The van der Waals surface area contributed by atoms with E-state index in [2.05, 4.69) is 41.4 Å². The van der Waals surface area contributed by atoms with E-state index >= 15 is 0 Å². The molecule has 0 bridgehead atoms. The van der Waals surface area contributed by atoms with Gasteiger partial charge < -0.3 is 10.2 Å². The van der Waals surface area contributed by atoms with Crippen LogP contribution in [0.2, 0.25) is 0 Å². The van der Waals surface area contributed by atoms with Crippen molar-refractivity contribution in [1.82, 2.24) is 14.5 Å². The number of amides is 1. The maximum absolute atomic E-state index is 12.9. The zero-order valence-electron chi connectivity index (χ0n) is 18.8. The van der Waals surface area contributed by atoms with Gasteiger partial charge in [0, 0.05) is 25.2 Å². The van der Waals surface area contributed by atoms with E-state index in [0.29, 0.717) is 31.1 Å². The van der Waals surface area contributed by atoms with E-state index < -0.39 is 10.0 Å². The van der Waals surface area contributed by atoms with Crippen LogP contribution in [-0.2, 0) is 10.0 Å². The summed E-state index contributed by atoms with van der Waals surface area (Å²) in [7, 11) is 0.458. The van der Waals surface area contributed by atoms with E-state index in [4.69, 9.17) is 0 Å². The Hall–Kier alpha value is -2.22. The second-order valence-electron chi connectivity index (χ2n) is 8.71. The number of piperidine rings is 1. The van der Waals surface area contributed by atoms with Crippen molar-refractivity contribution in [2.45, 2.75) is 37.6 Å². The Labute approximate surface area is 186 Å². The summed E-state index contributed by atoms with van der Waals surface area (Å²) in [6, 6.07) is 14.6. The van der Waals surface area contributed by atoms with Gasteiger partial charge in [-0.2, -0.15) is 4.31 Å². The Morgan fingerprint density at radius 1 is 1.06 bits per heavy atom. The molecule has 168 valence electrons. The molecule has 31 heavy (non-hydrogen) atoms. The van der Waals surface area contributed by atoms with Crippen LogP contribution in [0.4, 0.5) is 0 Å². The molecule has 1 aliphatic heterocycles. The molecule has 7 heteroatoms. The highest BCUT2D eigenvalue weighted by Gasteiger charge is 2.28. The molecule has 1 atom stereocenters. The summed E-state index contributed by atoms with van der Waals surface area (Å²) >= 11 is 0. The standard InChI is InChI=1S/C24H33N3O3S/c1-18-5-7-20(8-6-18)23(26(3)4)17-25-24(28)21-9-11-22(12-10-21)31(29,30)27-15-13-19(2)14-16-27/h5-12,19,23H,13-17H2,1-4H3,(H,25,28)/t23-/m1/s1. The number of nitrogens with zero attached hydrogens (tertiary/aromatic N) is 2. The summed E-state index contributed by atoms with van der Waals surface area (Å²) in [6.07, 6.45) is 1.77. The average molecular weight is 444 g/mol. The van der Waals surface area contributed by atoms with Crippen LogP contribution in [0.3, 0.4) is 0 Å². The zero-order valence-corrected chi connectivity index (χ0v) is 19.7. The highest BCUT2D eigenvalue weighted by Crippen LogP contribution is 2.24. The number of aryl methyl sites for hydroxylation is 1. The van der Waals surface area contributed by atoms with E-state index in [0.717, 1.165) is 18.4 Å². The predicted molar refractivity (Wildman–Crippen MR) is 124 cm³/mol. The van der Waals surface area contributed by atoms with Crippen LogP contribution >= 0.6 is 0 Å². The van der Waals surface area contributed by atoms with Gasteiger partial charge in [0.05, 0.1) is 10.9 Å². The first-order valence-electron chi connectivity index (χ1n) is 10.8. The quantitative estimate of drug-likeness (QED) is 0.712. The molecule has 1 amide bonds. The van der Waals surface area contributed by atoms with Gasteiger partial charge in [-0.1, -0.05) is 36.8 Å². The Kier molecular flexibility index (Phi) is 7.51. The Bertz CT molecular complexity index is 978. The summed E-state index contributed by atoms with van der Waals surface area (Å²) in [5.74, 6) is 0.345. The van der Waals surface area contributed by atoms with E-state index in [1.807, 2.05) is 21.0 Å². The fraction of sp³-hybridized carbons (Fsp3) is 0.458. The van der Waals surface area contributed by atoms with Crippen molar-refractivity contribution in [2.24, 2.45) is 5.92 Å². The van der Waals surface area contributed by atoms with Crippen molar-refractivity contribution in [3.05, 3.63) is 65.2 Å². The monoisotopic (exact) mass is 443 g/mol. The van der Waals surface area contributed by atoms with Gasteiger partial charge in [-0.15, -0.1) is 0 Å². The summed E-state index contributed by atoms with van der Waals surface area (Å²) in [6.45, 7) is 5.76. The first kappa shape index (κ1) is 23.4. The Balaban J connectivity index is 1.65. The van der Waals surface area contributed by atoms with Crippen LogP contribution in [0.25, 0.3) is 0 Å². The highest BCUT2D eigenvalue weighted by molar-refractivity contribution is 7.89. The van der Waals surface area contributed by atoms with Gasteiger partial charge in [-0.25, -0.2) is 8.42 Å². The molecule has 2 aromatic rings.